The Labute approximate surface area is 77.9 Å². The minimum Gasteiger partial charge on any atom is -0.212 e. The molecule has 0 rings (SSSR count). The summed E-state index contributed by atoms with van der Waals surface area (Å²) in [5.74, 6) is -2.20. The van der Waals surface area contributed by atoms with Crippen LogP contribution in [0, 0.1) is 0 Å². The van der Waals surface area contributed by atoms with Crippen molar-refractivity contribution in [3.63, 3.8) is 0 Å². The summed E-state index contributed by atoms with van der Waals surface area (Å²) in [5, 5.41) is 0. The largest absolute Gasteiger partial charge is 0.289 e. The maximum Gasteiger partial charge on any atom is 0.289 e. The van der Waals surface area contributed by atoms with Gasteiger partial charge in [0.1, 0.15) is 0 Å². The molecule has 84 valence electrons. The van der Waals surface area contributed by atoms with E-state index in [2.05, 4.69) is 0 Å². The molecule has 14 heavy (non-hydrogen) atoms. The van der Waals surface area contributed by atoms with Crippen LogP contribution in [0.25, 0.3) is 0 Å². The Morgan fingerprint density at radius 1 is 1.07 bits per heavy atom. The molecule has 6 heteroatoms. The molecule has 0 N–H and O–H groups in total. The molecule has 0 atom stereocenters. The van der Waals surface area contributed by atoms with Gasteiger partial charge in [-0.3, -0.25) is 0 Å². The number of halogens is 6. The van der Waals surface area contributed by atoms with E-state index in [1.54, 1.807) is 0 Å². The highest BCUT2D eigenvalue weighted by Crippen LogP contribution is 2.07. The highest BCUT2D eigenvalue weighted by molar-refractivity contribution is 4.90. The van der Waals surface area contributed by atoms with Gasteiger partial charge in [-0.05, 0) is 13.8 Å². The average molecular weight is 220 g/mol. The third-order valence-corrected chi connectivity index (χ3v) is 0.840. The minimum absolute atomic E-state index is 0.250. The Bertz CT molecular complexity index is 190. The summed E-state index contributed by atoms with van der Waals surface area (Å²) in [6.07, 6.45) is -4.61. The third kappa shape index (κ3) is 13.6. The predicted molar refractivity (Wildman–Crippen MR) is 41.7 cm³/mol. The molecule has 0 radical (unpaired) electrons. The van der Waals surface area contributed by atoms with Crippen LogP contribution < -0.4 is 0 Å². The second-order valence-electron chi connectivity index (χ2n) is 2.06. The first-order valence-electron chi connectivity index (χ1n) is 3.53. The molecule has 0 nitrogen and oxygen atoms in total. The van der Waals surface area contributed by atoms with E-state index >= 15 is 0 Å². The lowest BCUT2D eigenvalue weighted by Crippen LogP contribution is -1.87. The van der Waals surface area contributed by atoms with Gasteiger partial charge in [0.15, 0.2) is 5.83 Å². The summed E-state index contributed by atoms with van der Waals surface area (Å²) in [6.45, 7) is 2.20. The van der Waals surface area contributed by atoms with Crippen molar-refractivity contribution >= 4 is 0 Å². The summed E-state index contributed by atoms with van der Waals surface area (Å²) < 4.78 is 66.6. The zero-order valence-electron chi connectivity index (χ0n) is 7.58. The van der Waals surface area contributed by atoms with Crippen molar-refractivity contribution in [2.24, 2.45) is 0 Å². The van der Waals surface area contributed by atoms with Crippen molar-refractivity contribution in [2.75, 3.05) is 0 Å². The molecule has 0 aliphatic rings. The molecule has 0 aliphatic heterocycles. The number of hydrogen-bond acceptors (Lipinski definition) is 0. The second-order valence-corrected chi connectivity index (χ2v) is 2.06. The fourth-order valence-corrected chi connectivity index (χ4v) is 0.300. The molecule has 0 saturated carbocycles. The minimum atomic E-state index is -2.94. The Morgan fingerprint density at radius 2 is 1.50 bits per heavy atom. The molecule has 0 aliphatic carbocycles. The van der Waals surface area contributed by atoms with Crippen LogP contribution in [0.15, 0.2) is 23.8 Å². The number of rotatable bonds is 2. The van der Waals surface area contributed by atoms with Crippen LogP contribution in [0.3, 0.4) is 0 Å². The topological polar surface area (TPSA) is 0 Å². The lowest BCUT2D eigenvalue weighted by Gasteiger charge is -1.87. The van der Waals surface area contributed by atoms with Crippen LogP contribution in [0.1, 0.15) is 13.8 Å². The zero-order valence-corrected chi connectivity index (χ0v) is 7.58. The summed E-state index contributed by atoms with van der Waals surface area (Å²) >= 11 is 0. The number of allylic oxidation sites excluding steroid dienone is 4. The molecule has 0 fully saturated rings. The van der Waals surface area contributed by atoms with Crippen molar-refractivity contribution in [2.45, 2.75) is 26.7 Å². The SMILES string of the molecule is CC(F)=CC(F)F.CC=C(F)C(F)F. The summed E-state index contributed by atoms with van der Waals surface area (Å²) in [6, 6.07) is 0. The van der Waals surface area contributed by atoms with E-state index in [0.717, 1.165) is 13.0 Å². The van der Waals surface area contributed by atoms with E-state index in [0.29, 0.717) is 0 Å². The van der Waals surface area contributed by atoms with E-state index in [1.165, 1.54) is 6.92 Å². The maximum absolute atomic E-state index is 11.4. The molecule has 0 saturated heterocycles. The highest BCUT2D eigenvalue weighted by Gasteiger charge is 2.06. The fourth-order valence-electron chi connectivity index (χ4n) is 0.300. The molecule has 0 heterocycles. The standard InChI is InChI=1S/2C4H5F3/c1-3(5)2-4(6)7;1-2-3(5)4(6)7/h2*2,4H,1H3. The quantitative estimate of drug-likeness (QED) is 0.610. The van der Waals surface area contributed by atoms with Gasteiger partial charge in [0.2, 0.25) is 0 Å². The smallest absolute Gasteiger partial charge is 0.212 e. The van der Waals surface area contributed by atoms with Crippen molar-refractivity contribution in [3.05, 3.63) is 23.8 Å². The van der Waals surface area contributed by atoms with Crippen LogP contribution in [0.4, 0.5) is 26.3 Å². The Balaban J connectivity index is 0. The first-order chi connectivity index (χ1) is 6.31. The summed E-state index contributed by atoms with van der Waals surface area (Å²) in [4.78, 5) is 0. The molecule has 0 amide bonds. The summed E-state index contributed by atoms with van der Waals surface area (Å²) in [7, 11) is 0. The van der Waals surface area contributed by atoms with Gasteiger partial charge in [0.05, 0.1) is 5.83 Å². The van der Waals surface area contributed by atoms with Gasteiger partial charge in [-0.25, -0.2) is 26.3 Å². The van der Waals surface area contributed by atoms with Crippen molar-refractivity contribution in [1.82, 2.24) is 0 Å². The molecule has 0 aromatic rings. The number of alkyl halides is 4. The van der Waals surface area contributed by atoms with E-state index in [9.17, 15) is 26.3 Å². The maximum atomic E-state index is 11.4. The molecule has 0 spiro atoms. The first-order valence-corrected chi connectivity index (χ1v) is 3.53. The van der Waals surface area contributed by atoms with E-state index in [-0.39, 0.29) is 6.08 Å². The molecule has 0 bridgehead atoms. The average Bonchev–Trinajstić information content (AvgIpc) is 2.01. The third-order valence-electron chi connectivity index (χ3n) is 0.840. The predicted octanol–water partition coefficient (Wildman–Crippen LogP) is 4.25. The Kier molecular flexibility index (Phi) is 9.59. The van der Waals surface area contributed by atoms with Gasteiger partial charge in [-0.15, -0.1) is 0 Å². The van der Waals surface area contributed by atoms with Crippen LogP contribution in [-0.4, -0.2) is 12.9 Å². The highest BCUT2D eigenvalue weighted by atomic mass is 19.3. The van der Waals surface area contributed by atoms with Gasteiger partial charge in [0.25, 0.3) is 12.9 Å². The Morgan fingerprint density at radius 3 is 1.50 bits per heavy atom. The van der Waals surface area contributed by atoms with E-state index < -0.39 is 24.5 Å². The van der Waals surface area contributed by atoms with Gasteiger partial charge >= 0.3 is 0 Å². The van der Waals surface area contributed by atoms with Gasteiger partial charge in [-0.2, -0.15) is 0 Å². The van der Waals surface area contributed by atoms with Crippen molar-refractivity contribution in [1.29, 1.82) is 0 Å². The summed E-state index contributed by atoms with van der Waals surface area (Å²) in [5.41, 5.74) is 0. The molecular formula is C8H10F6. The number of hydrogen-bond donors (Lipinski definition) is 0. The van der Waals surface area contributed by atoms with Crippen LogP contribution in [-0.2, 0) is 0 Å². The van der Waals surface area contributed by atoms with Gasteiger partial charge in [0, 0.05) is 6.08 Å². The van der Waals surface area contributed by atoms with Crippen LogP contribution in [0.5, 0.6) is 0 Å². The van der Waals surface area contributed by atoms with Gasteiger partial charge < -0.3 is 0 Å². The van der Waals surface area contributed by atoms with E-state index in [1.807, 2.05) is 0 Å². The fraction of sp³-hybridized carbons (Fsp3) is 0.500. The van der Waals surface area contributed by atoms with Crippen molar-refractivity contribution in [3.8, 4) is 0 Å². The molecule has 0 unspecified atom stereocenters. The molecule has 0 aromatic heterocycles. The monoisotopic (exact) mass is 220 g/mol. The van der Waals surface area contributed by atoms with Crippen LogP contribution >= 0.6 is 0 Å². The zero-order chi connectivity index (χ0) is 11.7. The lowest BCUT2D eigenvalue weighted by molar-refractivity contribution is 0.158. The van der Waals surface area contributed by atoms with Gasteiger partial charge in [-0.1, -0.05) is 6.08 Å². The Hall–Kier alpha value is -0.940. The molecular weight excluding hydrogens is 210 g/mol. The van der Waals surface area contributed by atoms with E-state index in [4.69, 9.17) is 0 Å². The second kappa shape index (κ2) is 8.65. The first kappa shape index (κ1) is 15.5. The lowest BCUT2D eigenvalue weighted by atomic mass is 10.5. The van der Waals surface area contributed by atoms with Crippen molar-refractivity contribution < 1.29 is 26.3 Å². The van der Waals surface area contributed by atoms with Crippen LogP contribution in [0.2, 0.25) is 0 Å². The normalized spacial score (nSPS) is 13.0. The molecule has 0 aromatic carbocycles.